The third kappa shape index (κ3) is 4.24. The Morgan fingerprint density at radius 1 is 1.00 bits per heavy atom. The number of benzene rings is 1. The van der Waals surface area contributed by atoms with Crippen molar-refractivity contribution in [3.05, 3.63) is 41.4 Å². The first-order valence-corrected chi connectivity index (χ1v) is 10.2. The number of carbonyl (C=O) groups is 1. The molecule has 1 aromatic heterocycles. The first-order chi connectivity index (χ1) is 13.2. The maximum absolute atomic E-state index is 12.5. The molecule has 1 aliphatic carbocycles. The maximum Gasteiger partial charge on any atom is 0.222 e. The molecule has 0 bridgehead atoms. The molecule has 1 saturated heterocycles. The van der Waals surface area contributed by atoms with Crippen molar-refractivity contribution >= 4 is 23.3 Å². The Labute approximate surface area is 165 Å². The molecule has 0 atom stereocenters. The van der Waals surface area contributed by atoms with E-state index in [2.05, 4.69) is 15.1 Å². The Morgan fingerprint density at radius 3 is 2.41 bits per heavy atom. The highest BCUT2D eigenvalue weighted by Gasteiger charge is 2.25. The Balaban J connectivity index is 1.34. The number of hydrogen-bond donors (Lipinski definition) is 0. The lowest BCUT2D eigenvalue weighted by Gasteiger charge is -2.35. The highest BCUT2D eigenvalue weighted by molar-refractivity contribution is 6.33. The van der Waals surface area contributed by atoms with Gasteiger partial charge in [-0.05, 0) is 37.0 Å². The lowest BCUT2D eigenvalue weighted by molar-refractivity contribution is -0.132. The zero-order valence-corrected chi connectivity index (χ0v) is 16.2. The third-order valence-electron chi connectivity index (χ3n) is 5.69. The molecule has 2 fully saturated rings. The van der Waals surface area contributed by atoms with E-state index in [9.17, 15) is 4.79 Å². The van der Waals surface area contributed by atoms with Crippen LogP contribution in [0.5, 0.6) is 0 Å². The van der Waals surface area contributed by atoms with Crippen molar-refractivity contribution in [2.24, 2.45) is 5.92 Å². The highest BCUT2D eigenvalue weighted by Crippen LogP contribution is 2.29. The molecule has 0 N–H and O–H groups in total. The first-order valence-electron chi connectivity index (χ1n) is 9.82. The Kier molecular flexibility index (Phi) is 5.58. The molecular weight excluding hydrogens is 360 g/mol. The molecule has 1 aliphatic heterocycles. The average Bonchev–Trinajstić information content (AvgIpc) is 3.22. The van der Waals surface area contributed by atoms with Gasteiger partial charge in [0.1, 0.15) is 0 Å². The molecule has 1 aromatic carbocycles. The number of amides is 1. The summed E-state index contributed by atoms with van der Waals surface area (Å²) in [6.45, 7) is 3.13. The number of carbonyl (C=O) groups excluding carboxylic acids is 1. The molecule has 2 heterocycles. The van der Waals surface area contributed by atoms with Gasteiger partial charge in [-0.3, -0.25) is 4.79 Å². The van der Waals surface area contributed by atoms with E-state index >= 15 is 0 Å². The molecule has 1 amide bonds. The number of anilines is 1. The summed E-state index contributed by atoms with van der Waals surface area (Å²) in [5.41, 5.74) is 1.66. The van der Waals surface area contributed by atoms with Crippen LogP contribution in [0.1, 0.15) is 32.1 Å². The summed E-state index contributed by atoms with van der Waals surface area (Å²) in [4.78, 5) is 16.7. The van der Waals surface area contributed by atoms with Crippen LogP contribution in [0.4, 0.5) is 5.82 Å². The second kappa shape index (κ2) is 8.26. The van der Waals surface area contributed by atoms with Gasteiger partial charge in [0, 0.05) is 38.2 Å². The zero-order chi connectivity index (χ0) is 18.6. The Hall–Kier alpha value is -2.14. The van der Waals surface area contributed by atoms with E-state index in [0.29, 0.717) is 16.8 Å². The minimum atomic E-state index is 0.321. The third-order valence-corrected chi connectivity index (χ3v) is 6.02. The number of nitrogens with zero attached hydrogens (tertiary/aromatic N) is 4. The quantitative estimate of drug-likeness (QED) is 0.798. The molecule has 0 unspecified atom stereocenters. The highest BCUT2D eigenvalue weighted by atomic mass is 35.5. The minimum absolute atomic E-state index is 0.321. The number of halogens is 1. The van der Waals surface area contributed by atoms with Crippen LogP contribution in [0, 0.1) is 5.92 Å². The predicted octanol–water partition coefficient (Wildman–Crippen LogP) is 4.03. The SMILES string of the molecule is O=C(CC1CCCC1)N1CCN(c2ccc(-c3ccccc3Cl)nn2)CC1. The van der Waals surface area contributed by atoms with Gasteiger partial charge in [0.15, 0.2) is 5.82 Å². The fourth-order valence-corrected chi connectivity index (χ4v) is 4.31. The van der Waals surface area contributed by atoms with Gasteiger partial charge in [0.2, 0.25) is 5.91 Å². The largest absolute Gasteiger partial charge is 0.352 e. The van der Waals surface area contributed by atoms with E-state index in [0.717, 1.165) is 49.7 Å². The zero-order valence-electron chi connectivity index (χ0n) is 15.5. The Morgan fingerprint density at radius 2 is 1.74 bits per heavy atom. The molecule has 4 rings (SSSR count). The normalized spacial score (nSPS) is 18.1. The van der Waals surface area contributed by atoms with Crippen molar-refractivity contribution in [2.75, 3.05) is 31.1 Å². The standard InChI is InChI=1S/C21H25ClN4O/c22-18-8-4-3-7-17(18)19-9-10-20(24-23-19)25-11-13-26(14-12-25)21(27)15-16-5-1-2-6-16/h3-4,7-10,16H,1-2,5-6,11-15H2. The average molecular weight is 385 g/mol. The fraction of sp³-hybridized carbons (Fsp3) is 0.476. The van der Waals surface area contributed by atoms with Gasteiger partial charge in [-0.1, -0.05) is 42.6 Å². The van der Waals surface area contributed by atoms with Crippen molar-refractivity contribution in [3.8, 4) is 11.3 Å². The molecule has 5 nitrogen and oxygen atoms in total. The van der Waals surface area contributed by atoms with E-state index in [-0.39, 0.29) is 0 Å². The van der Waals surface area contributed by atoms with Crippen LogP contribution in [0.2, 0.25) is 5.02 Å². The number of hydrogen-bond acceptors (Lipinski definition) is 4. The van der Waals surface area contributed by atoms with Crippen molar-refractivity contribution in [1.82, 2.24) is 15.1 Å². The minimum Gasteiger partial charge on any atom is -0.352 e. The predicted molar refractivity (Wildman–Crippen MR) is 108 cm³/mol. The van der Waals surface area contributed by atoms with Crippen LogP contribution in [0.25, 0.3) is 11.3 Å². The van der Waals surface area contributed by atoms with Gasteiger partial charge in [0.25, 0.3) is 0 Å². The summed E-state index contributed by atoms with van der Waals surface area (Å²) in [5, 5.41) is 9.41. The van der Waals surface area contributed by atoms with Crippen molar-refractivity contribution < 1.29 is 4.79 Å². The molecule has 2 aromatic rings. The summed E-state index contributed by atoms with van der Waals surface area (Å²) < 4.78 is 0. The van der Waals surface area contributed by atoms with E-state index < -0.39 is 0 Å². The van der Waals surface area contributed by atoms with Gasteiger partial charge in [-0.15, -0.1) is 10.2 Å². The van der Waals surface area contributed by atoms with Crippen molar-refractivity contribution in [3.63, 3.8) is 0 Å². The lowest BCUT2D eigenvalue weighted by atomic mass is 10.0. The number of aromatic nitrogens is 2. The van der Waals surface area contributed by atoms with Gasteiger partial charge in [0.05, 0.1) is 10.7 Å². The first kappa shape index (κ1) is 18.2. The molecular formula is C21H25ClN4O. The second-order valence-corrected chi connectivity index (χ2v) is 7.89. The van der Waals surface area contributed by atoms with E-state index in [1.807, 2.05) is 41.3 Å². The molecule has 142 valence electrons. The summed E-state index contributed by atoms with van der Waals surface area (Å²) in [6, 6.07) is 11.6. The summed E-state index contributed by atoms with van der Waals surface area (Å²) >= 11 is 6.24. The van der Waals surface area contributed by atoms with Crippen LogP contribution in [0.15, 0.2) is 36.4 Å². The summed E-state index contributed by atoms with van der Waals surface area (Å²) in [7, 11) is 0. The van der Waals surface area contributed by atoms with Crippen LogP contribution >= 0.6 is 11.6 Å². The molecule has 27 heavy (non-hydrogen) atoms. The summed E-state index contributed by atoms with van der Waals surface area (Å²) in [5.74, 6) is 1.79. The van der Waals surface area contributed by atoms with Gasteiger partial charge >= 0.3 is 0 Å². The smallest absolute Gasteiger partial charge is 0.222 e. The molecule has 2 aliphatic rings. The van der Waals surface area contributed by atoms with Gasteiger partial charge in [-0.2, -0.15) is 0 Å². The monoisotopic (exact) mass is 384 g/mol. The fourth-order valence-electron chi connectivity index (χ4n) is 4.08. The van der Waals surface area contributed by atoms with Crippen LogP contribution in [-0.2, 0) is 4.79 Å². The molecule has 1 saturated carbocycles. The van der Waals surface area contributed by atoms with Crippen molar-refractivity contribution in [1.29, 1.82) is 0 Å². The van der Waals surface area contributed by atoms with Crippen LogP contribution < -0.4 is 4.90 Å². The molecule has 0 radical (unpaired) electrons. The second-order valence-electron chi connectivity index (χ2n) is 7.48. The van der Waals surface area contributed by atoms with Gasteiger partial charge < -0.3 is 9.80 Å². The summed E-state index contributed by atoms with van der Waals surface area (Å²) in [6.07, 6.45) is 5.74. The molecule has 0 spiro atoms. The van der Waals surface area contributed by atoms with E-state index in [4.69, 9.17) is 11.6 Å². The lowest BCUT2D eigenvalue weighted by Crippen LogP contribution is -2.49. The topological polar surface area (TPSA) is 49.3 Å². The van der Waals surface area contributed by atoms with Crippen LogP contribution in [-0.4, -0.2) is 47.2 Å². The van der Waals surface area contributed by atoms with E-state index in [1.165, 1.54) is 25.7 Å². The number of rotatable bonds is 4. The molecule has 6 heteroatoms. The van der Waals surface area contributed by atoms with E-state index in [1.54, 1.807) is 0 Å². The maximum atomic E-state index is 12.5. The van der Waals surface area contributed by atoms with Crippen LogP contribution in [0.3, 0.4) is 0 Å². The Bertz CT molecular complexity index is 781. The van der Waals surface area contributed by atoms with Gasteiger partial charge in [-0.25, -0.2) is 0 Å². The number of piperazine rings is 1. The van der Waals surface area contributed by atoms with Crippen molar-refractivity contribution in [2.45, 2.75) is 32.1 Å².